The predicted molar refractivity (Wildman–Crippen MR) is 114 cm³/mol. The second-order valence-electron chi connectivity index (χ2n) is 7.30. The Balaban J connectivity index is 1.46. The quantitative estimate of drug-likeness (QED) is 0.663. The summed E-state index contributed by atoms with van der Waals surface area (Å²) in [6, 6.07) is 19.4. The zero-order chi connectivity index (χ0) is 20.4. The van der Waals surface area contributed by atoms with Gasteiger partial charge >= 0.3 is 0 Å². The molecule has 0 atom stereocenters. The third kappa shape index (κ3) is 4.02. The van der Waals surface area contributed by atoms with E-state index in [1.165, 1.54) is 0 Å². The van der Waals surface area contributed by atoms with Gasteiger partial charge in [0.05, 0.1) is 10.6 Å². The molecule has 1 aliphatic rings. The molecule has 150 valence electrons. The van der Waals surface area contributed by atoms with Crippen LogP contribution in [0.1, 0.15) is 11.1 Å². The first kappa shape index (κ1) is 19.5. The fraction of sp³-hybridized carbons (Fsp3) is 0.273. The zero-order valence-corrected chi connectivity index (χ0v) is 17.4. The number of aryl methyl sites for hydroxylation is 2. The molecule has 29 heavy (non-hydrogen) atoms. The Hall–Kier alpha value is -2.77. The van der Waals surface area contributed by atoms with Crippen LogP contribution in [0, 0.1) is 13.8 Å². The van der Waals surface area contributed by atoms with Crippen molar-refractivity contribution in [1.82, 2.24) is 14.5 Å². The number of rotatable bonds is 4. The second kappa shape index (κ2) is 7.93. The summed E-state index contributed by atoms with van der Waals surface area (Å²) in [4.78, 5) is 2.48. The van der Waals surface area contributed by atoms with Crippen LogP contribution in [0.15, 0.2) is 65.6 Å². The minimum Gasteiger partial charge on any atom is -0.352 e. The van der Waals surface area contributed by atoms with E-state index >= 15 is 0 Å². The number of nitrogens with zero attached hydrogens (tertiary/aromatic N) is 4. The maximum atomic E-state index is 13.1. The van der Waals surface area contributed by atoms with Crippen molar-refractivity contribution in [3.05, 3.63) is 71.8 Å². The van der Waals surface area contributed by atoms with E-state index in [4.69, 9.17) is 0 Å². The summed E-state index contributed by atoms with van der Waals surface area (Å²) < 4.78 is 27.7. The number of hydrogen-bond acceptors (Lipinski definition) is 5. The van der Waals surface area contributed by atoms with Gasteiger partial charge in [-0.15, -0.1) is 10.2 Å². The van der Waals surface area contributed by atoms with Crippen LogP contribution in [0.3, 0.4) is 0 Å². The van der Waals surface area contributed by atoms with E-state index < -0.39 is 10.0 Å². The molecule has 0 unspecified atom stereocenters. The van der Waals surface area contributed by atoms with Gasteiger partial charge in [0.15, 0.2) is 5.82 Å². The Morgan fingerprint density at radius 1 is 0.828 bits per heavy atom. The minimum atomic E-state index is -3.49. The molecule has 6 nitrogen and oxygen atoms in total. The highest BCUT2D eigenvalue weighted by Gasteiger charge is 2.30. The molecule has 0 radical (unpaired) electrons. The molecule has 3 aromatic rings. The average molecular weight is 409 g/mol. The van der Waals surface area contributed by atoms with Crippen molar-refractivity contribution in [2.75, 3.05) is 31.1 Å². The van der Waals surface area contributed by atoms with Gasteiger partial charge in [0, 0.05) is 31.7 Å². The number of piperazine rings is 1. The summed E-state index contributed by atoms with van der Waals surface area (Å²) in [5.41, 5.74) is 3.57. The number of sulfonamides is 1. The van der Waals surface area contributed by atoms with Crippen molar-refractivity contribution in [3.8, 4) is 11.3 Å². The van der Waals surface area contributed by atoms with E-state index in [0.717, 1.165) is 28.2 Å². The van der Waals surface area contributed by atoms with E-state index in [2.05, 4.69) is 15.1 Å². The van der Waals surface area contributed by atoms with Gasteiger partial charge in [0.25, 0.3) is 0 Å². The third-order valence-corrected chi connectivity index (χ3v) is 7.28. The van der Waals surface area contributed by atoms with Gasteiger partial charge in [-0.05, 0) is 43.2 Å². The molecule has 0 spiro atoms. The highest BCUT2D eigenvalue weighted by atomic mass is 32.2. The van der Waals surface area contributed by atoms with Crippen molar-refractivity contribution >= 4 is 15.8 Å². The summed E-state index contributed by atoms with van der Waals surface area (Å²) in [6.45, 7) is 5.78. The molecular formula is C22H24N4O2S. The molecule has 7 heteroatoms. The molecule has 0 N–H and O–H groups in total. The normalized spacial score (nSPS) is 15.4. The molecule has 0 amide bonds. The van der Waals surface area contributed by atoms with Crippen LogP contribution in [0.2, 0.25) is 0 Å². The zero-order valence-electron chi connectivity index (χ0n) is 16.6. The Labute approximate surface area is 171 Å². The second-order valence-corrected chi connectivity index (χ2v) is 9.21. The van der Waals surface area contributed by atoms with Crippen LogP contribution in [0.25, 0.3) is 11.3 Å². The number of hydrogen-bond donors (Lipinski definition) is 0. The first-order chi connectivity index (χ1) is 13.9. The van der Waals surface area contributed by atoms with Crippen LogP contribution in [0.4, 0.5) is 5.82 Å². The van der Waals surface area contributed by atoms with E-state index in [1.807, 2.05) is 68.4 Å². The smallest absolute Gasteiger partial charge is 0.243 e. The maximum Gasteiger partial charge on any atom is 0.243 e. The van der Waals surface area contributed by atoms with Gasteiger partial charge in [0.1, 0.15) is 0 Å². The molecule has 1 aromatic heterocycles. The first-order valence-corrected chi connectivity index (χ1v) is 11.1. The monoisotopic (exact) mass is 408 g/mol. The van der Waals surface area contributed by atoms with E-state index in [1.54, 1.807) is 10.4 Å². The van der Waals surface area contributed by atoms with E-state index in [-0.39, 0.29) is 0 Å². The van der Waals surface area contributed by atoms with Crippen LogP contribution >= 0.6 is 0 Å². The number of benzene rings is 2. The Bertz CT molecular complexity index is 1090. The number of anilines is 1. The Morgan fingerprint density at radius 3 is 2.21 bits per heavy atom. The average Bonchev–Trinajstić information content (AvgIpc) is 2.76. The van der Waals surface area contributed by atoms with Crippen molar-refractivity contribution < 1.29 is 8.42 Å². The van der Waals surface area contributed by atoms with Crippen molar-refractivity contribution in [1.29, 1.82) is 0 Å². The number of aromatic nitrogens is 2. The van der Waals surface area contributed by atoms with Crippen molar-refractivity contribution in [3.63, 3.8) is 0 Å². The van der Waals surface area contributed by atoms with Crippen LogP contribution in [0.5, 0.6) is 0 Å². The van der Waals surface area contributed by atoms with Gasteiger partial charge in [-0.25, -0.2) is 8.42 Å². The summed E-state index contributed by atoms with van der Waals surface area (Å²) in [6.07, 6.45) is 0. The Morgan fingerprint density at radius 2 is 1.55 bits per heavy atom. The third-order valence-electron chi connectivity index (χ3n) is 5.24. The molecule has 2 heterocycles. The summed E-state index contributed by atoms with van der Waals surface area (Å²) in [5, 5.41) is 8.70. The highest BCUT2D eigenvalue weighted by molar-refractivity contribution is 7.89. The van der Waals surface area contributed by atoms with E-state index in [9.17, 15) is 8.42 Å². The molecule has 1 fully saturated rings. The minimum absolute atomic E-state index is 0.401. The van der Waals surface area contributed by atoms with Crippen molar-refractivity contribution in [2.45, 2.75) is 18.7 Å². The summed E-state index contributed by atoms with van der Waals surface area (Å²) in [7, 11) is -3.49. The molecule has 0 bridgehead atoms. The van der Waals surface area contributed by atoms with Gasteiger partial charge in [-0.2, -0.15) is 4.31 Å². The molecule has 0 aliphatic carbocycles. The molecule has 1 aliphatic heterocycles. The van der Waals surface area contributed by atoms with Crippen LogP contribution < -0.4 is 4.90 Å². The van der Waals surface area contributed by atoms with Gasteiger partial charge in [-0.1, -0.05) is 42.5 Å². The lowest BCUT2D eigenvalue weighted by Crippen LogP contribution is -2.49. The SMILES string of the molecule is Cc1ccc(C)c(S(=O)(=O)N2CCN(c3ccc(-c4ccccc4)nn3)CC2)c1. The molecular weight excluding hydrogens is 384 g/mol. The summed E-state index contributed by atoms with van der Waals surface area (Å²) in [5.74, 6) is 0.772. The lowest BCUT2D eigenvalue weighted by Gasteiger charge is -2.34. The fourth-order valence-electron chi connectivity index (χ4n) is 3.54. The largest absolute Gasteiger partial charge is 0.352 e. The van der Waals surface area contributed by atoms with Gasteiger partial charge in [-0.3, -0.25) is 0 Å². The lowest BCUT2D eigenvalue weighted by atomic mass is 10.1. The molecule has 1 saturated heterocycles. The lowest BCUT2D eigenvalue weighted by molar-refractivity contribution is 0.383. The van der Waals surface area contributed by atoms with Crippen LogP contribution in [-0.2, 0) is 10.0 Å². The molecule has 0 saturated carbocycles. The molecule has 4 rings (SSSR count). The van der Waals surface area contributed by atoms with Gasteiger partial charge in [0.2, 0.25) is 10.0 Å². The standard InChI is InChI=1S/C22H24N4O2S/c1-17-8-9-18(2)21(16-17)29(27,28)26-14-12-25(13-15-26)22-11-10-20(23-24-22)19-6-4-3-5-7-19/h3-11,16H,12-15H2,1-2H3. The fourth-order valence-corrected chi connectivity index (χ4v) is 5.27. The maximum absolute atomic E-state index is 13.1. The van der Waals surface area contributed by atoms with Crippen LogP contribution in [-0.4, -0.2) is 49.1 Å². The van der Waals surface area contributed by atoms with Crippen molar-refractivity contribution in [2.24, 2.45) is 0 Å². The Kier molecular flexibility index (Phi) is 5.34. The summed E-state index contributed by atoms with van der Waals surface area (Å²) >= 11 is 0. The van der Waals surface area contributed by atoms with E-state index in [0.29, 0.717) is 31.1 Å². The van der Waals surface area contributed by atoms with Gasteiger partial charge < -0.3 is 4.90 Å². The predicted octanol–water partition coefficient (Wildman–Crippen LogP) is 3.27. The topological polar surface area (TPSA) is 66.4 Å². The highest BCUT2D eigenvalue weighted by Crippen LogP contribution is 2.24. The molecule has 2 aromatic carbocycles. The first-order valence-electron chi connectivity index (χ1n) is 9.67.